The molecule has 1 aromatic carbocycles. The monoisotopic (exact) mass is 273 g/mol. The molecule has 100 valence electrons. The average Bonchev–Trinajstić information content (AvgIpc) is 2.34. The van der Waals surface area contributed by atoms with Crippen LogP contribution >= 0.6 is 0 Å². The molecule has 0 aliphatic heterocycles. The topological polar surface area (TPSA) is 104 Å². The minimum atomic E-state index is -3.28. The van der Waals surface area contributed by atoms with Gasteiger partial charge in [0.1, 0.15) is 0 Å². The maximum Gasteiger partial charge on any atom is 0.251 e. The molecule has 0 radical (unpaired) electrons. The Balaban J connectivity index is 2.71. The molecule has 0 aliphatic carbocycles. The maximum atomic E-state index is 11.6. The predicted octanol–water partition coefficient (Wildman–Crippen LogP) is -0.827. The Morgan fingerprint density at radius 1 is 1.33 bits per heavy atom. The second-order valence-corrected chi connectivity index (χ2v) is 5.86. The summed E-state index contributed by atoms with van der Waals surface area (Å²) >= 11 is 0. The zero-order chi connectivity index (χ0) is 13.8. The first kappa shape index (κ1) is 14.6. The third-order valence-electron chi connectivity index (χ3n) is 2.25. The van der Waals surface area contributed by atoms with Crippen molar-refractivity contribution in [2.75, 3.05) is 19.4 Å². The summed E-state index contributed by atoms with van der Waals surface area (Å²) in [6.45, 7) is -0.504. The first-order valence-electron chi connectivity index (χ1n) is 5.22. The summed E-state index contributed by atoms with van der Waals surface area (Å²) < 4.78 is 22.4. The van der Waals surface area contributed by atoms with Gasteiger partial charge in [-0.25, -0.2) is 8.42 Å². The smallest absolute Gasteiger partial charge is 0.251 e. The third kappa shape index (κ3) is 4.10. The lowest BCUT2D eigenvalue weighted by atomic mass is 10.2. The van der Waals surface area contributed by atoms with Gasteiger partial charge in [-0.05, 0) is 24.3 Å². The number of benzene rings is 1. The van der Waals surface area contributed by atoms with E-state index < -0.39 is 28.5 Å². The van der Waals surface area contributed by atoms with Gasteiger partial charge in [0.2, 0.25) is 0 Å². The lowest BCUT2D eigenvalue weighted by Crippen LogP contribution is -2.33. The normalized spacial score (nSPS) is 13.1. The molecule has 1 unspecified atom stereocenters. The molecule has 1 amide bonds. The van der Waals surface area contributed by atoms with Crippen LogP contribution < -0.4 is 5.32 Å². The van der Waals surface area contributed by atoms with E-state index in [9.17, 15) is 13.2 Å². The molecule has 6 nitrogen and oxygen atoms in total. The molecule has 0 fully saturated rings. The molecular formula is C11H15NO5S. The van der Waals surface area contributed by atoms with E-state index in [-0.39, 0.29) is 17.0 Å². The van der Waals surface area contributed by atoms with Crippen molar-refractivity contribution in [1.29, 1.82) is 0 Å². The van der Waals surface area contributed by atoms with Crippen LogP contribution in [0.15, 0.2) is 29.2 Å². The zero-order valence-electron chi connectivity index (χ0n) is 9.83. The largest absolute Gasteiger partial charge is 0.394 e. The Bertz CT molecular complexity index is 509. The number of sulfone groups is 1. The predicted molar refractivity (Wildman–Crippen MR) is 65.0 cm³/mol. The summed E-state index contributed by atoms with van der Waals surface area (Å²) in [6, 6.07) is 5.45. The van der Waals surface area contributed by atoms with Gasteiger partial charge in [-0.2, -0.15) is 0 Å². The molecule has 18 heavy (non-hydrogen) atoms. The second kappa shape index (κ2) is 5.94. The fourth-order valence-electron chi connectivity index (χ4n) is 1.23. The van der Waals surface area contributed by atoms with Crippen LogP contribution in [0.4, 0.5) is 0 Å². The SMILES string of the molecule is CS(=O)(=O)c1ccc(C(=O)NCC(O)CO)cc1. The van der Waals surface area contributed by atoms with E-state index in [1.54, 1.807) is 0 Å². The van der Waals surface area contributed by atoms with Gasteiger partial charge < -0.3 is 15.5 Å². The van der Waals surface area contributed by atoms with Crippen molar-refractivity contribution in [3.63, 3.8) is 0 Å². The number of hydrogen-bond donors (Lipinski definition) is 3. The minimum absolute atomic E-state index is 0.0663. The highest BCUT2D eigenvalue weighted by Gasteiger charge is 2.10. The van der Waals surface area contributed by atoms with Gasteiger partial charge in [-0.3, -0.25) is 4.79 Å². The lowest BCUT2D eigenvalue weighted by molar-refractivity contribution is 0.0802. The van der Waals surface area contributed by atoms with Crippen LogP contribution in [-0.2, 0) is 9.84 Å². The Morgan fingerprint density at radius 2 is 1.89 bits per heavy atom. The van der Waals surface area contributed by atoms with E-state index in [0.717, 1.165) is 6.26 Å². The summed E-state index contributed by atoms with van der Waals surface area (Å²) in [5, 5.41) is 20.0. The summed E-state index contributed by atoms with van der Waals surface area (Å²) in [5.41, 5.74) is 0.285. The molecule has 1 rings (SSSR count). The number of rotatable bonds is 5. The molecule has 0 saturated heterocycles. The van der Waals surface area contributed by atoms with Crippen molar-refractivity contribution >= 4 is 15.7 Å². The molecule has 0 saturated carbocycles. The fraction of sp³-hybridized carbons (Fsp3) is 0.364. The Labute approximate surface area is 105 Å². The van der Waals surface area contributed by atoms with Crippen LogP contribution in [0.2, 0.25) is 0 Å². The van der Waals surface area contributed by atoms with Gasteiger partial charge in [-0.15, -0.1) is 0 Å². The molecule has 0 aromatic heterocycles. The second-order valence-electron chi connectivity index (χ2n) is 3.84. The first-order chi connectivity index (χ1) is 8.34. The lowest BCUT2D eigenvalue weighted by Gasteiger charge is -2.09. The number of carbonyl (C=O) groups excluding carboxylic acids is 1. The minimum Gasteiger partial charge on any atom is -0.394 e. The summed E-state index contributed by atoms with van der Waals surface area (Å²) in [4.78, 5) is 11.7. The number of carbonyl (C=O) groups is 1. The number of hydrogen-bond acceptors (Lipinski definition) is 5. The van der Waals surface area contributed by atoms with Gasteiger partial charge in [0.05, 0.1) is 17.6 Å². The molecular weight excluding hydrogens is 258 g/mol. The van der Waals surface area contributed by atoms with Crippen molar-refractivity contribution in [2.45, 2.75) is 11.0 Å². The number of amides is 1. The Kier molecular flexibility index (Phi) is 4.83. The zero-order valence-corrected chi connectivity index (χ0v) is 10.6. The van der Waals surface area contributed by atoms with Crippen molar-refractivity contribution in [1.82, 2.24) is 5.32 Å². The van der Waals surface area contributed by atoms with Gasteiger partial charge >= 0.3 is 0 Å². The van der Waals surface area contributed by atoms with E-state index in [2.05, 4.69) is 5.32 Å². The highest BCUT2D eigenvalue weighted by atomic mass is 32.2. The number of aliphatic hydroxyl groups excluding tert-OH is 2. The highest BCUT2D eigenvalue weighted by Crippen LogP contribution is 2.10. The molecule has 7 heteroatoms. The van der Waals surface area contributed by atoms with E-state index in [4.69, 9.17) is 10.2 Å². The maximum absolute atomic E-state index is 11.6. The summed E-state index contributed by atoms with van der Waals surface area (Å²) in [6.07, 6.45) is 0.0731. The van der Waals surface area contributed by atoms with Gasteiger partial charge in [0.25, 0.3) is 5.91 Å². The van der Waals surface area contributed by atoms with Crippen LogP contribution in [0, 0.1) is 0 Å². The van der Waals surface area contributed by atoms with Crippen LogP contribution in [0.25, 0.3) is 0 Å². The molecule has 1 atom stereocenters. The third-order valence-corrected chi connectivity index (χ3v) is 3.38. The van der Waals surface area contributed by atoms with E-state index in [1.165, 1.54) is 24.3 Å². The van der Waals surface area contributed by atoms with Gasteiger partial charge in [0.15, 0.2) is 9.84 Å². The molecule has 0 heterocycles. The van der Waals surface area contributed by atoms with Crippen molar-refractivity contribution in [3.05, 3.63) is 29.8 Å². The van der Waals surface area contributed by atoms with E-state index >= 15 is 0 Å². The van der Waals surface area contributed by atoms with Crippen molar-refractivity contribution in [3.8, 4) is 0 Å². The van der Waals surface area contributed by atoms with Crippen molar-refractivity contribution in [2.24, 2.45) is 0 Å². The fourth-order valence-corrected chi connectivity index (χ4v) is 1.86. The Hall–Kier alpha value is -1.44. The first-order valence-corrected chi connectivity index (χ1v) is 7.11. The van der Waals surface area contributed by atoms with Gasteiger partial charge in [-0.1, -0.05) is 0 Å². The molecule has 3 N–H and O–H groups in total. The highest BCUT2D eigenvalue weighted by molar-refractivity contribution is 7.90. The standard InChI is InChI=1S/C11H15NO5S/c1-18(16,17)10-4-2-8(3-5-10)11(15)12-6-9(14)7-13/h2-5,9,13-14H,6-7H2,1H3,(H,12,15). The van der Waals surface area contributed by atoms with Crippen LogP contribution in [0.3, 0.4) is 0 Å². The summed E-state index contributed by atoms with van der Waals surface area (Å²) in [5.74, 6) is -0.442. The average molecular weight is 273 g/mol. The van der Waals surface area contributed by atoms with Crippen LogP contribution in [0.1, 0.15) is 10.4 Å². The van der Waals surface area contributed by atoms with Gasteiger partial charge in [0, 0.05) is 18.4 Å². The Morgan fingerprint density at radius 3 is 2.33 bits per heavy atom. The van der Waals surface area contributed by atoms with Crippen molar-refractivity contribution < 1.29 is 23.4 Å². The van der Waals surface area contributed by atoms with E-state index in [1.807, 2.05) is 0 Å². The number of nitrogens with one attached hydrogen (secondary N) is 1. The quantitative estimate of drug-likeness (QED) is 0.650. The van der Waals surface area contributed by atoms with E-state index in [0.29, 0.717) is 0 Å². The van der Waals surface area contributed by atoms with Crippen LogP contribution in [-0.4, -0.2) is 50.0 Å². The molecule has 0 bridgehead atoms. The molecule has 1 aromatic rings. The number of aliphatic hydroxyl groups is 2. The molecule has 0 aliphatic rings. The summed E-state index contributed by atoms with van der Waals surface area (Å²) in [7, 11) is -3.28. The van der Waals surface area contributed by atoms with Crippen LogP contribution in [0.5, 0.6) is 0 Å². The molecule has 0 spiro atoms.